The van der Waals surface area contributed by atoms with E-state index < -0.39 is 9.84 Å². The van der Waals surface area contributed by atoms with Gasteiger partial charge in [0, 0.05) is 19.3 Å². The van der Waals surface area contributed by atoms with Crippen LogP contribution in [-0.2, 0) is 16.4 Å². The van der Waals surface area contributed by atoms with Crippen molar-refractivity contribution in [2.75, 3.05) is 23.9 Å². The first-order valence-corrected chi connectivity index (χ1v) is 6.57. The van der Waals surface area contributed by atoms with Gasteiger partial charge in [-0.15, -0.1) is 12.4 Å². The van der Waals surface area contributed by atoms with Gasteiger partial charge >= 0.3 is 0 Å². The zero-order chi connectivity index (χ0) is 11.3. The van der Waals surface area contributed by atoms with E-state index in [1.54, 1.807) is 0 Å². The summed E-state index contributed by atoms with van der Waals surface area (Å²) in [7, 11) is -0.518. The van der Waals surface area contributed by atoms with Crippen molar-refractivity contribution in [3.8, 4) is 0 Å². The molecule has 16 heavy (non-hydrogen) atoms. The molecule has 1 aliphatic rings. The number of hydrogen-bond donors (Lipinski definition) is 2. The Kier molecular flexibility index (Phi) is 6.40. The van der Waals surface area contributed by atoms with Gasteiger partial charge in [0.25, 0.3) is 0 Å². The third-order valence-electron chi connectivity index (χ3n) is 1.99. The van der Waals surface area contributed by atoms with E-state index in [2.05, 4.69) is 5.32 Å². The van der Waals surface area contributed by atoms with Gasteiger partial charge in [0.2, 0.25) is 0 Å². The van der Waals surface area contributed by atoms with Crippen molar-refractivity contribution in [2.45, 2.75) is 6.54 Å². The Morgan fingerprint density at radius 3 is 2.31 bits per heavy atom. The molecule has 3 N–H and O–H groups in total. The summed E-state index contributed by atoms with van der Waals surface area (Å²) >= 11 is 0. The van der Waals surface area contributed by atoms with Crippen molar-refractivity contribution in [3.05, 3.63) is 29.8 Å². The molecule has 0 unspecified atom stereocenters. The van der Waals surface area contributed by atoms with Gasteiger partial charge in [0.1, 0.15) is 0 Å². The second-order valence-electron chi connectivity index (χ2n) is 3.31. The number of sulfone groups is 1. The molecule has 0 amide bonds. The summed E-state index contributed by atoms with van der Waals surface area (Å²) in [5, 5.41) is 3.05. The fraction of sp³-hybridized carbons (Fsp3) is 0.400. The summed E-state index contributed by atoms with van der Waals surface area (Å²) in [6, 6.07) is 8.06. The van der Waals surface area contributed by atoms with Crippen LogP contribution in [0.15, 0.2) is 24.3 Å². The molecule has 0 saturated carbocycles. The van der Waals surface area contributed by atoms with Crippen molar-refractivity contribution in [2.24, 2.45) is 5.73 Å². The lowest BCUT2D eigenvalue weighted by Gasteiger charge is -2.00. The summed E-state index contributed by atoms with van der Waals surface area (Å²) in [5.41, 5.74) is 7.72. The average molecular weight is 265 g/mol. The van der Waals surface area contributed by atoms with Crippen molar-refractivity contribution in [3.63, 3.8) is 0 Å². The molecule has 0 atom stereocenters. The predicted octanol–water partition coefficient (Wildman–Crippen LogP) is 1.02. The van der Waals surface area contributed by atoms with Crippen LogP contribution in [-0.4, -0.2) is 27.0 Å². The molecule has 0 spiro atoms. The van der Waals surface area contributed by atoms with E-state index >= 15 is 0 Å². The summed E-state index contributed by atoms with van der Waals surface area (Å²) in [5.74, 6) is 0.847. The third-order valence-corrected chi connectivity index (χ3v) is 3.06. The lowest BCUT2D eigenvalue weighted by atomic mass is 10.2. The van der Waals surface area contributed by atoms with Gasteiger partial charge < -0.3 is 11.1 Å². The van der Waals surface area contributed by atoms with Crippen molar-refractivity contribution in [1.82, 2.24) is 0 Å². The van der Waals surface area contributed by atoms with Gasteiger partial charge in [-0.2, -0.15) is 0 Å². The fourth-order valence-corrected chi connectivity index (χ4v) is 1.47. The smallest absolute Gasteiger partial charge is 0.152 e. The van der Waals surface area contributed by atoms with E-state index in [0.717, 1.165) is 11.3 Å². The van der Waals surface area contributed by atoms with Gasteiger partial charge in [-0.05, 0) is 17.7 Å². The number of rotatable bonds is 2. The van der Waals surface area contributed by atoms with Gasteiger partial charge in [-0.25, -0.2) is 8.42 Å². The molecule has 1 fully saturated rings. The molecule has 1 heterocycles. The molecule has 4 nitrogen and oxygen atoms in total. The molecular weight excluding hydrogens is 248 g/mol. The van der Waals surface area contributed by atoms with Crippen LogP contribution in [0.25, 0.3) is 0 Å². The fourth-order valence-electron chi connectivity index (χ4n) is 0.922. The zero-order valence-electron chi connectivity index (χ0n) is 9.14. The van der Waals surface area contributed by atoms with Crippen molar-refractivity contribution in [1.29, 1.82) is 0 Å². The van der Waals surface area contributed by atoms with E-state index in [4.69, 9.17) is 5.73 Å². The van der Waals surface area contributed by atoms with Gasteiger partial charge in [0.15, 0.2) is 9.84 Å². The number of nitrogens with one attached hydrogen (secondary N) is 1. The third kappa shape index (κ3) is 5.95. The number of hydrogen-bond acceptors (Lipinski definition) is 4. The minimum atomic E-state index is -2.42. The van der Waals surface area contributed by atoms with Crippen LogP contribution in [0.4, 0.5) is 5.69 Å². The Labute approximate surface area is 103 Å². The summed E-state index contributed by atoms with van der Waals surface area (Å²) in [6.45, 7) is 0.607. The molecule has 92 valence electrons. The summed E-state index contributed by atoms with van der Waals surface area (Å²) in [6.07, 6.45) is 0. The van der Waals surface area contributed by atoms with Gasteiger partial charge in [-0.1, -0.05) is 12.1 Å². The number of benzene rings is 1. The molecule has 6 heteroatoms. The van der Waals surface area contributed by atoms with Crippen LogP contribution in [0.2, 0.25) is 0 Å². The Morgan fingerprint density at radius 1 is 1.38 bits per heavy atom. The molecule has 1 aromatic rings. The Hall–Kier alpha value is -0.780. The maximum Gasteiger partial charge on any atom is 0.152 e. The highest BCUT2D eigenvalue weighted by Crippen LogP contribution is 2.08. The van der Waals surface area contributed by atoms with Crippen LogP contribution in [0.3, 0.4) is 0 Å². The highest BCUT2D eigenvalue weighted by molar-refractivity contribution is 7.98. The molecule has 0 radical (unpaired) electrons. The van der Waals surface area contributed by atoms with E-state index in [0.29, 0.717) is 18.1 Å². The van der Waals surface area contributed by atoms with E-state index in [1.807, 2.05) is 31.3 Å². The van der Waals surface area contributed by atoms with E-state index in [-0.39, 0.29) is 12.4 Å². The Bertz CT molecular complexity index is 391. The Morgan fingerprint density at radius 2 is 1.94 bits per heavy atom. The predicted molar refractivity (Wildman–Crippen MR) is 69.8 cm³/mol. The van der Waals surface area contributed by atoms with Gasteiger partial charge in [-0.3, -0.25) is 0 Å². The maximum absolute atomic E-state index is 9.74. The molecule has 1 aliphatic heterocycles. The summed E-state index contributed by atoms with van der Waals surface area (Å²) < 4.78 is 19.5. The van der Waals surface area contributed by atoms with Gasteiger partial charge in [0.05, 0.1) is 11.5 Å². The monoisotopic (exact) mass is 264 g/mol. The quantitative estimate of drug-likeness (QED) is 0.783. The van der Waals surface area contributed by atoms with E-state index in [1.165, 1.54) is 0 Å². The van der Waals surface area contributed by atoms with Crippen molar-refractivity contribution < 1.29 is 8.42 Å². The molecular formula is C10H17ClN2O2S. The summed E-state index contributed by atoms with van der Waals surface area (Å²) in [4.78, 5) is 0. The minimum Gasteiger partial charge on any atom is -0.388 e. The Balaban J connectivity index is 0.000000318. The molecule has 0 bridgehead atoms. The molecule has 1 saturated heterocycles. The maximum atomic E-state index is 9.74. The van der Waals surface area contributed by atoms with Crippen LogP contribution < -0.4 is 11.1 Å². The second-order valence-corrected chi connectivity index (χ2v) is 5.61. The lowest BCUT2D eigenvalue weighted by molar-refractivity contribution is 0.615. The topological polar surface area (TPSA) is 72.2 Å². The van der Waals surface area contributed by atoms with Crippen LogP contribution in [0, 0.1) is 0 Å². The van der Waals surface area contributed by atoms with Crippen molar-refractivity contribution >= 4 is 27.9 Å². The van der Waals surface area contributed by atoms with Crippen LogP contribution >= 0.6 is 12.4 Å². The molecule has 0 aromatic heterocycles. The molecule has 2 rings (SSSR count). The normalized spacial score (nSPS) is 15.1. The number of halogens is 1. The van der Waals surface area contributed by atoms with Crippen LogP contribution in [0.1, 0.15) is 5.56 Å². The molecule has 1 aromatic carbocycles. The number of nitrogens with two attached hydrogens (primary N) is 1. The minimum absolute atomic E-state index is 0. The SMILES string of the molecule is CNc1cccc(CN)c1.Cl.O=S1(=O)CC1. The standard InChI is InChI=1S/C8H12N2.C2H4O2S.ClH/c1-10-8-4-2-3-7(5-8)6-9;3-5(4)1-2-5;/h2-5,10H,6,9H2,1H3;1-2H2;1H. The highest BCUT2D eigenvalue weighted by Gasteiger charge is 2.25. The number of anilines is 1. The second kappa shape index (κ2) is 6.73. The molecule has 0 aliphatic carbocycles. The van der Waals surface area contributed by atoms with Crippen LogP contribution in [0.5, 0.6) is 0 Å². The van der Waals surface area contributed by atoms with E-state index in [9.17, 15) is 8.42 Å². The zero-order valence-corrected chi connectivity index (χ0v) is 10.8. The largest absolute Gasteiger partial charge is 0.388 e. The first-order valence-electron chi connectivity index (χ1n) is 4.74. The first kappa shape index (κ1) is 15.2. The first-order chi connectivity index (χ1) is 7.07. The average Bonchev–Trinajstić information content (AvgIpc) is 2.95. The highest BCUT2D eigenvalue weighted by atomic mass is 35.5. The lowest BCUT2D eigenvalue weighted by Crippen LogP contribution is -1.96.